The lowest BCUT2D eigenvalue weighted by atomic mass is 10.1. The summed E-state index contributed by atoms with van der Waals surface area (Å²) in [5.74, 6) is 0. The van der Waals surface area contributed by atoms with Crippen LogP contribution in [0.2, 0.25) is 0 Å². The lowest BCUT2D eigenvalue weighted by Crippen LogP contribution is -2.31. The molecule has 2 heteroatoms. The van der Waals surface area contributed by atoms with Gasteiger partial charge in [-0.25, -0.2) is 0 Å². The summed E-state index contributed by atoms with van der Waals surface area (Å²) in [7, 11) is 2.06. The van der Waals surface area contributed by atoms with Crippen LogP contribution in [0.3, 0.4) is 0 Å². The minimum atomic E-state index is 0.694. The van der Waals surface area contributed by atoms with Gasteiger partial charge in [0.25, 0.3) is 0 Å². The molecule has 1 aliphatic heterocycles. The van der Waals surface area contributed by atoms with E-state index in [1.54, 1.807) is 0 Å². The van der Waals surface area contributed by atoms with Gasteiger partial charge in [0.1, 0.15) is 0 Å². The van der Waals surface area contributed by atoms with Crippen LogP contribution >= 0.6 is 0 Å². The third-order valence-electron chi connectivity index (χ3n) is 2.27. The molecule has 60 valence electrons. The summed E-state index contributed by atoms with van der Waals surface area (Å²) in [6, 6.07) is 1.44. The second-order valence-corrected chi connectivity index (χ2v) is 3.22. The maximum atomic E-state index is 3.47. The van der Waals surface area contributed by atoms with E-state index in [2.05, 4.69) is 24.6 Å². The van der Waals surface area contributed by atoms with Crippen LogP contribution in [0, 0.1) is 0 Å². The van der Waals surface area contributed by atoms with Crippen LogP contribution in [0.15, 0.2) is 0 Å². The van der Waals surface area contributed by atoms with Crippen molar-refractivity contribution in [3.63, 3.8) is 0 Å². The highest BCUT2D eigenvalue weighted by molar-refractivity contribution is 4.76. The van der Waals surface area contributed by atoms with E-state index in [4.69, 9.17) is 0 Å². The molecule has 0 aliphatic carbocycles. The summed E-state index contributed by atoms with van der Waals surface area (Å²) in [5, 5.41) is 6.80. The first-order valence-corrected chi connectivity index (χ1v) is 4.23. The number of rotatable bonds is 1. The summed E-state index contributed by atoms with van der Waals surface area (Å²) < 4.78 is 0. The molecule has 0 aromatic carbocycles. The van der Waals surface area contributed by atoms with Gasteiger partial charge in [0.05, 0.1) is 0 Å². The van der Waals surface area contributed by atoms with Crippen molar-refractivity contribution in [1.29, 1.82) is 0 Å². The molecule has 0 radical (unpaired) electrons. The lowest BCUT2D eigenvalue weighted by molar-refractivity contribution is 0.462. The van der Waals surface area contributed by atoms with Crippen LogP contribution in [0.4, 0.5) is 0 Å². The Morgan fingerprint density at radius 2 is 2.30 bits per heavy atom. The van der Waals surface area contributed by atoms with E-state index in [9.17, 15) is 0 Å². The second kappa shape index (κ2) is 3.94. The van der Waals surface area contributed by atoms with E-state index in [0.29, 0.717) is 6.04 Å². The third-order valence-corrected chi connectivity index (χ3v) is 2.27. The Labute approximate surface area is 63.4 Å². The van der Waals surface area contributed by atoms with E-state index < -0.39 is 0 Å². The first-order chi connectivity index (χ1) is 4.83. The smallest absolute Gasteiger partial charge is 0.00792 e. The summed E-state index contributed by atoms with van der Waals surface area (Å²) >= 11 is 0. The van der Waals surface area contributed by atoms with Gasteiger partial charge >= 0.3 is 0 Å². The van der Waals surface area contributed by atoms with E-state index in [-0.39, 0.29) is 0 Å². The standard InChI is InChI=1S/C8H18N2/c1-7-6-8(9-2)4-3-5-10-7/h7-10H,3-6H2,1-2H3. The van der Waals surface area contributed by atoms with Crippen molar-refractivity contribution in [3.8, 4) is 0 Å². The van der Waals surface area contributed by atoms with Gasteiger partial charge in [0.15, 0.2) is 0 Å². The number of nitrogens with one attached hydrogen (secondary N) is 2. The van der Waals surface area contributed by atoms with Crippen molar-refractivity contribution in [2.45, 2.75) is 38.3 Å². The number of hydrogen-bond acceptors (Lipinski definition) is 2. The maximum absolute atomic E-state index is 3.47. The average molecular weight is 142 g/mol. The molecule has 0 bridgehead atoms. The fourth-order valence-corrected chi connectivity index (χ4v) is 1.59. The Hall–Kier alpha value is -0.0800. The number of hydrogen-bond donors (Lipinski definition) is 2. The molecule has 0 amide bonds. The van der Waals surface area contributed by atoms with Gasteiger partial charge in [-0.2, -0.15) is 0 Å². The van der Waals surface area contributed by atoms with Crippen LogP contribution in [-0.2, 0) is 0 Å². The monoisotopic (exact) mass is 142 g/mol. The van der Waals surface area contributed by atoms with Crippen molar-refractivity contribution in [1.82, 2.24) is 10.6 Å². The second-order valence-electron chi connectivity index (χ2n) is 3.22. The van der Waals surface area contributed by atoms with Crippen LogP contribution in [0.5, 0.6) is 0 Å². The topological polar surface area (TPSA) is 24.1 Å². The van der Waals surface area contributed by atoms with Crippen molar-refractivity contribution in [2.75, 3.05) is 13.6 Å². The van der Waals surface area contributed by atoms with E-state index in [1.807, 2.05) is 0 Å². The Morgan fingerprint density at radius 3 is 3.00 bits per heavy atom. The highest BCUT2D eigenvalue weighted by Crippen LogP contribution is 2.08. The van der Waals surface area contributed by atoms with Gasteiger partial charge in [-0.05, 0) is 39.8 Å². The first-order valence-electron chi connectivity index (χ1n) is 4.23. The molecule has 1 fully saturated rings. The van der Waals surface area contributed by atoms with Gasteiger partial charge in [-0.1, -0.05) is 0 Å². The van der Waals surface area contributed by atoms with Crippen molar-refractivity contribution < 1.29 is 0 Å². The zero-order chi connectivity index (χ0) is 7.40. The summed E-state index contributed by atoms with van der Waals surface area (Å²) in [6.07, 6.45) is 3.92. The summed E-state index contributed by atoms with van der Waals surface area (Å²) in [5.41, 5.74) is 0. The zero-order valence-electron chi connectivity index (χ0n) is 6.98. The van der Waals surface area contributed by atoms with Crippen molar-refractivity contribution in [3.05, 3.63) is 0 Å². The molecule has 2 unspecified atom stereocenters. The largest absolute Gasteiger partial charge is 0.317 e. The van der Waals surface area contributed by atoms with E-state index in [1.165, 1.54) is 25.8 Å². The first kappa shape index (κ1) is 8.02. The van der Waals surface area contributed by atoms with Gasteiger partial charge in [0, 0.05) is 12.1 Å². The van der Waals surface area contributed by atoms with Crippen LogP contribution < -0.4 is 10.6 Å². The molecule has 2 atom stereocenters. The molecule has 1 aliphatic rings. The Morgan fingerprint density at radius 1 is 1.50 bits per heavy atom. The summed E-state index contributed by atoms with van der Waals surface area (Å²) in [4.78, 5) is 0. The predicted molar refractivity (Wildman–Crippen MR) is 44.2 cm³/mol. The molecule has 0 aromatic rings. The SMILES string of the molecule is CNC1CCCNC(C)C1. The molecular formula is C8H18N2. The van der Waals surface area contributed by atoms with E-state index in [0.717, 1.165) is 6.04 Å². The average Bonchev–Trinajstić information content (AvgIpc) is 2.13. The van der Waals surface area contributed by atoms with Crippen LogP contribution in [0.1, 0.15) is 26.2 Å². The zero-order valence-corrected chi connectivity index (χ0v) is 6.98. The van der Waals surface area contributed by atoms with E-state index >= 15 is 0 Å². The van der Waals surface area contributed by atoms with Crippen LogP contribution in [-0.4, -0.2) is 25.7 Å². The molecule has 0 spiro atoms. The molecule has 10 heavy (non-hydrogen) atoms. The van der Waals surface area contributed by atoms with Gasteiger partial charge < -0.3 is 10.6 Å². The lowest BCUT2D eigenvalue weighted by Gasteiger charge is -2.15. The molecule has 2 nitrogen and oxygen atoms in total. The predicted octanol–water partition coefficient (Wildman–Crippen LogP) is 0.736. The van der Waals surface area contributed by atoms with Gasteiger partial charge in [-0.3, -0.25) is 0 Å². The quantitative estimate of drug-likeness (QED) is 0.564. The van der Waals surface area contributed by atoms with Gasteiger partial charge in [0.2, 0.25) is 0 Å². The molecular weight excluding hydrogens is 124 g/mol. The Kier molecular flexibility index (Phi) is 3.16. The Balaban J connectivity index is 2.30. The van der Waals surface area contributed by atoms with Gasteiger partial charge in [-0.15, -0.1) is 0 Å². The van der Waals surface area contributed by atoms with Crippen molar-refractivity contribution in [2.24, 2.45) is 0 Å². The van der Waals surface area contributed by atoms with Crippen molar-refractivity contribution >= 4 is 0 Å². The highest BCUT2D eigenvalue weighted by Gasteiger charge is 2.13. The normalized spacial score (nSPS) is 35.4. The summed E-state index contributed by atoms with van der Waals surface area (Å²) in [6.45, 7) is 3.45. The third kappa shape index (κ3) is 2.27. The molecule has 2 N–H and O–H groups in total. The fraction of sp³-hybridized carbons (Fsp3) is 1.00. The molecule has 1 rings (SSSR count). The minimum Gasteiger partial charge on any atom is -0.317 e. The van der Waals surface area contributed by atoms with Crippen LogP contribution in [0.25, 0.3) is 0 Å². The molecule has 1 saturated heterocycles. The maximum Gasteiger partial charge on any atom is 0.00792 e. The molecule has 1 heterocycles. The highest BCUT2D eigenvalue weighted by atomic mass is 14.9. The fourth-order valence-electron chi connectivity index (χ4n) is 1.59. The molecule has 0 aromatic heterocycles. The Bertz CT molecular complexity index is 93.3. The minimum absolute atomic E-state index is 0.694. The molecule has 0 saturated carbocycles.